The van der Waals surface area contributed by atoms with Gasteiger partial charge < -0.3 is 14.4 Å². The topological polar surface area (TPSA) is 37.8 Å². The molecule has 1 aromatic carbocycles. The molecule has 0 atom stereocenters. The van der Waals surface area contributed by atoms with E-state index in [0.717, 1.165) is 60.4 Å². The van der Waals surface area contributed by atoms with Crippen LogP contribution in [0.5, 0.6) is 11.5 Å². The number of nitrogens with zero attached hydrogens (tertiary/aromatic N) is 3. The number of benzene rings is 1. The molecule has 122 valence electrons. The molecule has 1 saturated heterocycles. The Morgan fingerprint density at radius 3 is 2.43 bits per heavy atom. The zero-order valence-electron chi connectivity index (χ0n) is 12.9. The summed E-state index contributed by atoms with van der Waals surface area (Å²) in [6.07, 6.45) is 2.78. The van der Waals surface area contributed by atoms with Crippen molar-refractivity contribution in [3.63, 3.8) is 0 Å². The van der Waals surface area contributed by atoms with Crippen LogP contribution in [-0.2, 0) is 0 Å². The average molecular weight is 334 g/mol. The van der Waals surface area contributed by atoms with Gasteiger partial charge in [-0.3, -0.25) is 4.90 Å². The Kier molecular flexibility index (Phi) is 3.70. The third kappa shape index (κ3) is 2.68. The second kappa shape index (κ2) is 5.73. The third-order valence-electron chi connectivity index (χ3n) is 4.87. The molecule has 0 spiro atoms. The monoisotopic (exact) mass is 333 g/mol. The maximum absolute atomic E-state index is 5.46. The molecule has 0 bridgehead atoms. The molecule has 6 heteroatoms. The molecule has 0 N–H and O–H groups in total. The summed E-state index contributed by atoms with van der Waals surface area (Å²) < 4.78 is 10.9. The highest BCUT2D eigenvalue weighted by molar-refractivity contribution is 5.85. The van der Waals surface area contributed by atoms with Crippen LogP contribution >= 0.6 is 12.4 Å². The number of ether oxygens (including phenoxy) is 2. The van der Waals surface area contributed by atoms with Gasteiger partial charge in [-0.1, -0.05) is 0 Å². The first-order valence-corrected chi connectivity index (χ1v) is 8.06. The van der Waals surface area contributed by atoms with Gasteiger partial charge in [-0.25, -0.2) is 4.98 Å². The minimum Gasteiger partial charge on any atom is -0.454 e. The van der Waals surface area contributed by atoms with Crippen LogP contribution in [-0.4, -0.2) is 48.9 Å². The summed E-state index contributed by atoms with van der Waals surface area (Å²) in [5, 5.41) is 1.10. The highest BCUT2D eigenvalue weighted by Gasteiger charge is 2.31. The van der Waals surface area contributed by atoms with Gasteiger partial charge in [0.1, 0.15) is 5.82 Å². The predicted octanol–water partition coefficient (Wildman–Crippen LogP) is 2.67. The van der Waals surface area contributed by atoms with E-state index in [1.807, 2.05) is 12.1 Å². The minimum absolute atomic E-state index is 0. The largest absolute Gasteiger partial charge is 0.454 e. The lowest BCUT2D eigenvalue weighted by Crippen LogP contribution is -2.47. The molecule has 0 radical (unpaired) electrons. The summed E-state index contributed by atoms with van der Waals surface area (Å²) >= 11 is 0. The Morgan fingerprint density at radius 2 is 1.70 bits per heavy atom. The fraction of sp³-hybridized carbons (Fsp3) is 0.471. The average Bonchev–Trinajstić information content (AvgIpc) is 3.31. The van der Waals surface area contributed by atoms with Crippen molar-refractivity contribution >= 4 is 29.1 Å². The second-order valence-electron chi connectivity index (χ2n) is 6.32. The molecule has 2 fully saturated rings. The van der Waals surface area contributed by atoms with Crippen molar-refractivity contribution in [1.82, 2.24) is 9.88 Å². The Morgan fingerprint density at radius 1 is 0.957 bits per heavy atom. The molecule has 5 nitrogen and oxygen atoms in total. The van der Waals surface area contributed by atoms with Crippen LogP contribution in [0.15, 0.2) is 24.3 Å². The van der Waals surface area contributed by atoms with Gasteiger partial charge >= 0.3 is 0 Å². The van der Waals surface area contributed by atoms with Crippen molar-refractivity contribution in [3.8, 4) is 11.5 Å². The minimum atomic E-state index is 0. The first kappa shape index (κ1) is 14.8. The number of pyridine rings is 1. The lowest BCUT2D eigenvalue weighted by molar-refractivity contribution is 0.174. The molecule has 1 aliphatic carbocycles. The van der Waals surface area contributed by atoms with E-state index in [-0.39, 0.29) is 12.4 Å². The summed E-state index contributed by atoms with van der Waals surface area (Å²) in [4.78, 5) is 9.85. The zero-order chi connectivity index (χ0) is 14.5. The summed E-state index contributed by atoms with van der Waals surface area (Å²) in [5.41, 5.74) is 0.978. The smallest absolute Gasteiger partial charge is 0.231 e. The number of piperazine rings is 1. The van der Waals surface area contributed by atoms with Gasteiger partial charge in [-0.15, -0.1) is 12.4 Å². The van der Waals surface area contributed by atoms with Crippen LogP contribution in [0, 0.1) is 0 Å². The van der Waals surface area contributed by atoms with Crippen molar-refractivity contribution in [3.05, 3.63) is 24.3 Å². The standard InChI is InChI=1S/C17H19N3O2.ClH/c1-4-17(20-7-5-19(6-8-20)13-2-3-13)18-14-10-16-15(9-12(1)14)21-11-22-16;/h1,4,9-10,13H,2-3,5-8,11H2;1H. The molecule has 1 aromatic heterocycles. The first-order chi connectivity index (χ1) is 10.9. The van der Waals surface area contributed by atoms with E-state index in [2.05, 4.69) is 21.9 Å². The molecule has 23 heavy (non-hydrogen) atoms. The van der Waals surface area contributed by atoms with Gasteiger partial charge in [0.2, 0.25) is 6.79 Å². The van der Waals surface area contributed by atoms with E-state index in [4.69, 9.17) is 14.5 Å². The molecule has 5 rings (SSSR count). The molecule has 2 aromatic rings. The number of hydrogen-bond donors (Lipinski definition) is 0. The van der Waals surface area contributed by atoms with Crippen LogP contribution < -0.4 is 14.4 Å². The Labute approximate surface area is 141 Å². The quantitative estimate of drug-likeness (QED) is 0.844. The van der Waals surface area contributed by atoms with Gasteiger partial charge in [0.25, 0.3) is 0 Å². The van der Waals surface area contributed by atoms with Crippen molar-refractivity contribution in [2.75, 3.05) is 37.9 Å². The Balaban J connectivity index is 0.00000135. The molecule has 2 aliphatic heterocycles. The normalized spacial score (nSPS) is 20.6. The fourth-order valence-electron chi connectivity index (χ4n) is 3.43. The Hall–Kier alpha value is -1.72. The second-order valence-corrected chi connectivity index (χ2v) is 6.32. The summed E-state index contributed by atoms with van der Waals surface area (Å²) in [7, 11) is 0. The van der Waals surface area contributed by atoms with E-state index in [0.29, 0.717) is 6.79 Å². The van der Waals surface area contributed by atoms with Crippen molar-refractivity contribution in [2.45, 2.75) is 18.9 Å². The van der Waals surface area contributed by atoms with Crippen LogP contribution in [0.4, 0.5) is 5.82 Å². The SMILES string of the molecule is Cl.c1cc2cc3c(cc2nc1N1CCN(C2CC2)CC1)OCO3. The summed E-state index contributed by atoms with van der Waals surface area (Å²) in [6.45, 7) is 4.76. The van der Waals surface area contributed by atoms with Gasteiger partial charge in [-0.2, -0.15) is 0 Å². The fourth-order valence-corrected chi connectivity index (χ4v) is 3.43. The van der Waals surface area contributed by atoms with Gasteiger partial charge in [-0.05, 0) is 31.0 Å². The highest BCUT2D eigenvalue weighted by atomic mass is 35.5. The van der Waals surface area contributed by atoms with Crippen LogP contribution in [0.3, 0.4) is 0 Å². The van der Waals surface area contributed by atoms with E-state index >= 15 is 0 Å². The maximum atomic E-state index is 5.46. The summed E-state index contributed by atoms with van der Waals surface area (Å²) in [6, 6.07) is 9.12. The number of anilines is 1. The molecule has 3 aliphatic rings. The molecular formula is C17H20ClN3O2. The van der Waals surface area contributed by atoms with Crippen molar-refractivity contribution in [2.24, 2.45) is 0 Å². The lowest BCUT2D eigenvalue weighted by atomic mass is 10.2. The van der Waals surface area contributed by atoms with Crippen LogP contribution in [0.25, 0.3) is 10.9 Å². The molecule has 3 heterocycles. The predicted molar refractivity (Wildman–Crippen MR) is 91.9 cm³/mol. The number of aromatic nitrogens is 1. The van der Waals surface area contributed by atoms with Crippen molar-refractivity contribution in [1.29, 1.82) is 0 Å². The van der Waals surface area contributed by atoms with Gasteiger partial charge in [0.05, 0.1) is 5.52 Å². The van der Waals surface area contributed by atoms with Crippen molar-refractivity contribution < 1.29 is 9.47 Å². The maximum Gasteiger partial charge on any atom is 0.231 e. The van der Waals surface area contributed by atoms with E-state index in [1.54, 1.807) is 0 Å². The summed E-state index contributed by atoms with van der Waals surface area (Å²) in [5.74, 6) is 2.69. The van der Waals surface area contributed by atoms with E-state index < -0.39 is 0 Å². The number of hydrogen-bond acceptors (Lipinski definition) is 5. The van der Waals surface area contributed by atoms with Crippen LogP contribution in [0.2, 0.25) is 0 Å². The van der Waals surface area contributed by atoms with Gasteiger partial charge in [0, 0.05) is 43.7 Å². The van der Waals surface area contributed by atoms with Gasteiger partial charge in [0.15, 0.2) is 11.5 Å². The molecule has 0 unspecified atom stereocenters. The third-order valence-corrected chi connectivity index (χ3v) is 4.87. The number of rotatable bonds is 2. The number of fused-ring (bicyclic) bond motifs is 2. The molecule has 1 saturated carbocycles. The van der Waals surface area contributed by atoms with E-state index in [1.165, 1.54) is 12.8 Å². The zero-order valence-corrected chi connectivity index (χ0v) is 13.7. The first-order valence-electron chi connectivity index (χ1n) is 8.06. The molecular weight excluding hydrogens is 314 g/mol. The lowest BCUT2D eigenvalue weighted by Gasteiger charge is -2.35. The van der Waals surface area contributed by atoms with E-state index in [9.17, 15) is 0 Å². The highest BCUT2D eigenvalue weighted by Crippen LogP contribution is 2.36. The Bertz CT molecular complexity index is 727. The van der Waals surface area contributed by atoms with Crippen LogP contribution in [0.1, 0.15) is 12.8 Å². The number of halogens is 1. The molecule has 0 amide bonds.